The van der Waals surface area contributed by atoms with E-state index in [9.17, 15) is 28.2 Å². The first-order valence-corrected chi connectivity index (χ1v) is 13.1. The van der Waals surface area contributed by atoms with Crippen LogP contribution in [0.5, 0.6) is 0 Å². The van der Waals surface area contributed by atoms with Gasteiger partial charge in [-0.3, -0.25) is 4.79 Å². The van der Waals surface area contributed by atoms with Crippen LogP contribution < -0.4 is 5.32 Å². The Hall–Kier alpha value is -3.83. The van der Waals surface area contributed by atoms with E-state index in [0.29, 0.717) is 10.7 Å². The molecule has 2 aromatic heterocycles. The third-order valence-corrected chi connectivity index (χ3v) is 8.37. The van der Waals surface area contributed by atoms with Gasteiger partial charge < -0.3 is 15.5 Å². The zero-order valence-electron chi connectivity index (χ0n) is 20.9. The fourth-order valence-electron chi connectivity index (χ4n) is 5.01. The quantitative estimate of drug-likeness (QED) is 0.251. The Morgan fingerprint density at radius 2 is 1.74 bits per heavy atom. The minimum Gasteiger partial charge on any atom is -0.481 e. The number of nitrogens with zero attached hydrogens (tertiary/aromatic N) is 3. The molecule has 7 nitrogen and oxygen atoms in total. The SMILES string of the molecule is Cc1cc(Nc2nccc(C(F)(F)F)n2)cc(-c2cnc(C3(O)CCC(C(=O)O)(c4ccccc4)CC3)s2)c1. The van der Waals surface area contributed by atoms with Crippen LogP contribution in [0.2, 0.25) is 0 Å². The molecule has 0 atom stereocenters. The molecule has 202 valence electrons. The second-order valence-corrected chi connectivity index (χ2v) is 10.8. The van der Waals surface area contributed by atoms with Gasteiger partial charge in [0, 0.05) is 18.1 Å². The van der Waals surface area contributed by atoms with E-state index in [2.05, 4.69) is 20.3 Å². The van der Waals surface area contributed by atoms with Crippen LogP contribution in [0.4, 0.5) is 24.8 Å². The van der Waals surface area contributed by atoms with Crippen molar-refractivity contribution in [3.8, 4) is 10.4 Å². The van der Waals surface area contributed by atoms with Crippen molar-refractivity contribution in [2.24, 2.45) is 0 Å². The predicted octanol–water partition coefficient (Wildman–Crippen LogP) is 6.46. The van der Waals surface area contributed by atoms with Crippen molar-refractivity contribution in [2.75, 3.05) is 5.32 Å². The number of carboxylic acids is 1. The molecule has 5 rings (SSSR count). The third-order valence-electron chi connectivity index (χ3n) is 7.13. The van der Waals surface area contributed by atoms with E-state index < -0.39 is 28.9 Å². The van der Waals surface area contributed by atoms with Crippen LogP contribution in [-0.4, -0.2) is 31.1 Å². The largest absolute Gasteiger partial charge is 0.481 e. The number of aliphatic hydroxyl groups is 1. The van der Waals surface area contributed by atoms with Crippen LogP contribution in [0.15, 0.2) is 67.0 Å². The molecule has 1 aliphatic carbocycles. The lowest BCUT2D eigenvalue weighted by molar-refractivity contribution is -0.148. The van der Waals surface area contributed by atoms with Crippen LogP contribution in [0.25, 0.3) is 10.4 Å². The summed E-state index contributed by atoms with van der Waals surface area (Å²) in [6.45, 7) is 1.85. The Morgan fingerprint density at radius 1 is 1.03 bits per heavy atom. The lowest BCUT2D eigenvalue weighted by Crippen LogP contribution is -2.44. The zero-order valence-corrected chi connectivity index (χ0v) is 21.7. The number of anilines is 2. The number of nitrogens with one attached hydrogen (secondary N) is 1. The molecule has 0 unspecified atom stereocenters. The molecule has 0 amide bonds. The smallest absolute Gasteiger partial charge is 0.433 e. The second kappa shape index (κ2) is 10.0. The number of carbonyl (C=O) groups is 1. The maximum absolute atomic E-state index is 13.0. The topological polar surface area (TPSA) is 108 Å². The molecule has 1 fully saturated rings. The highest BCUT2D eigenvalue weighted by Crippen LogP contribution is 2.49. The number of hydrogen-bond donors (Lipinski definition) is 3. The van der Waals surface area contributed by atoms with Crippen LogP contribution in [-0.2, 0) is 22.0 Å². The summed E-state index contributed by atoms with van der Waals surface area (Å²) in [6, 6.07) is 15.3. The zero-order chi connectivity index (χ0) is 27.8. The number of alkyl halides is 3. The first-order valence-electron chi connectivity index (χ1n) is 12.3. The Labute approximate surface area is 226 Å². The van der Waals surface area contributed by atoms with E-state index >= 15 is 0 Å². The van der Waals surface area contributed by atoms with Gasteiger partial charge in [-0.1, -0.05) is 36.4 Å². The molecule has 0 radical (unpaired) electrons. The molecular formula is C28H25F3N4O3S. The fourth-order valence-corrected chi connectivity index (χ4v) is 6.06. The highest BCUT2D eigenvalue weighted by Gasteiger charge is 2.49. The van der Waals surface area contributed by atoms with E-state index in [0.717, 1.165) is 33.8 Å². The second-order valence-electron chi connectivity index (χ2n) is 9.79. The van der Waals surface area contributed by atoms with Crippen molar-refractivity contribution in [3.05, 3.63) is 88.8 Å². The molecule has 2 aromatic carbocycles. The van der Waals surface area contributed by atoms with Gasteiger partial charge in [-0.2, -0.15) is 13.2 Å². The molecule has 0 aliphatic heterocycles. The number of rotatable bonds is 6. The minimum atomic E-state index is -4.58. The van der Waals surface area contributed by atoms with E-state index in [1.807, 2.05) is 43.3 Å². The van der Waals surface area contributed by atoms with Crippen molar-refractivity contribution >= 4 is 28.9 Å². The highest BCUT2D eigenvalue weighted by molar-refractivity contribution is 7.15. The molecule has 11 heteroatoms. The Bertz CT molecular complexity index is 1500. The molecule has 0 spiro atoms. The number of hydrogen-bond acceptors (Lipinski definition) is 7. The highest BCUT2D eigenvalue weighted by atomic mass is 32.1. The average Bonchev–Trinajstić information content (AvgIpc) is 3.41. The molecule has 1 aliphatic rings. The van der Waals surface area contributed by atoms with Gasteiger partial charge in [0.15, 0.2) is 0 Å². The van der Waals surface area contributed by atoms with Crippen LogP contribution in [0, 0.1) is 6.92 Å². The average molecular weight is 555 g/mol. The third kappa shape index (κ3) is 5.37. The number of thiazole rings is 1. The monoisotopic (exact) mass is 554 g/mol. The first-order chi connectivity index (χ1) is 18.5. The van der Waals surface area contributed by atoms with Crippen LogP contribution >= 0.6 is 11.3 Å². The van der Waals surface area contributed by atoms with Crippen molar-refractivity contribution in [1.29, 1.82) is 0 Å². The van der Waals surface area contributed by atoms with Crippen LogP contribution in [0.3, 0.4) is 0 Å². The summed E-state index contributed by atoms with van der Waals surface area (Å²) in [4.78, 5) is 25.0. The van der Waals surface area contributed by atoms with Crippen molar-refractivity contribution in [2.45, 2.75) is 49.8 Å². The molecule has 0 saturated heterocycles. The molecule has 1 saturated carbocycles. The van der Waals surface area contributed by atoms with E-state index in [4.69, 9.17) is 0 Å². The summed E-state index contributed by atoms with van der Waals surface area (Å²) in [5.74, 6) is -1.08. The summed E-state index contributed by atoms with van der Waals surface area (Å²) >= 11 is 1.31. The normalized spacial score (nSPS) is 21.5. The number of carboxylic acid groups (broad SMARTS) is 1. The predicted molar refractivity (Wildman–Crippen MR) is 141 cm³/mol. The summed E-state index contributed by atoms with van der Waals surface area (Å²) in [7, 11) is 0. The van der Waals surface area contributed by atoms with E-state index in [1.54, 1.807) is 18.3 Å². The van der Waals surface area contributed by atoms with Crippen molar-refractivity contribution < 1.29 is 28.2 Å². The molecule has 39 heavy (non-hydrogen) atoms. The summed E-state index contributed by atoms with van der Waals surface area (Å²) in [6.07, 6.45) is -0.857. The summed E-state index contributed by atoms with van der Waals surface area (Å²) in [5, 5.41) is 24.9. The number of benzene rings is 2. The van der Waals surface area contributed by atoms with Gasteiger partial charge in [0.2, 0.25) is 5.95 Å². The maximum Gasteiger partial charge on any atom is 0.433 e. The number of halogens is 3. The lowest BCUT2D eigenvalue weighted by Gasteiger charge is -2.41. The van der Waals surface area contributed by atoms with E-state index in [1.165, 1.54) is 11.3 Å². The molecule has 0 bridgehead atoms. The van der Waals surface area contributed by atoms with Crippen LogP contribution in [0.1, 0.15) is 47.5 Å². The maximum atomic E-state index is 13.0. The summed E-state index contributed by atoms with van der Waals surface area (Å²) < 4.78 is 39.1. The number of aromatic nitrogens is 3. The van der Waals surface area contributed by atoms with E-state index in [-0.39, 0.29) is 31.6 Å². The van der Waals surface area contributed by atoms with Gasteiger partial charge in [0.25, 0.3) is 0 Å². The standard InChI is InChI=1S/C28H25F3N4O3S/c1-17-13-18(15-20(14-17)34-25-32-12-7-22(35-25)28(29,30)31)21-16-33-23(39-21)27(38)10-8-26(9-11-27,24(36)37)19-5-3-2-4-6-19/h2-7,12-16,38H,8-11H2,1H3,(H,36,37)(H,32,34,35). The Balaban J connectivity index is 1.37. The number of aryl methyl sites for hydroxylation is 1. The number of aliphatic carboxylic acids is 1. The minimum absolute atomic E-state index is 0.178. The molecule has 2 heterocycles. The fraction of sp³-hybridized carbons (Fsp3) is 0.286. The lowest BCUT2D eigenvalue weighted by atomic mass is 9.65. The van der Waals surface area contributed by atoms with Gasteiger partial charge in [-0.05, 0) is 67.5 Å². The Morgan fingerprint density at radius 3 is 2.41 bits per heavy atom. The van der Waals surface area contributed by atoms with Gasteiger partial charge in [-0.15, -0.1) is 11.3 Å². The van der Waals surface area contributed by atoms with Gasteiger partial charge in [0.05, 0.1) is 10.3 Å². The molecule has 3 N–H and O–H groups in total. The van der Waals surface area contributed by atoms with Crippen molar-refractivity contribution in [3.63, 3.8) is 0 Å². The van der Waals surface area contributed by atoms with Crippen molar-refractivity contribution in [1.82, 2.24) is 15.0 Å². The molecule has 4 aromatic rings. The van der Waals surface area contributed by atoms with Gasteiger partial charge >= 0.3 is 12.1 Å². The molecular weight excluding hydrogens is 529 g/mol. The van der Waals surface area contributed by atoms with Gasteiger partial charge in [-0.25, -0.2) is 15.0 Å². The first kappa shape index (κ1) is 26.8. The summed E-state index contributed by atoms with van der Waals surface area (Å²) in [5.41, 5.74) is -0.517. The van der Waals surface area contributed by atoms with Gasteiger partial charge in [0.1, 0.15) is 16.3 Å². The Kier molecular flexibility index (Phi) is 6.90.